The van der Waals surface area contributed by atoms with E-state index in [1.54, 1.807) is 6.21 Å². The highest BCUT2D eigenvalue weighted by Crippen LogP contribution is 2.16. The van der Waals surface area contributed by atoms with E-state index in [2.05, 4.69) is 39.4 Å². The second kappa shape index (κ2) is 9.25. The average molecular weight is 354 g/mol. The summed E-state index contributed by atoms with van der Waals surface area (Å²) in [6.07, 6.45) is 1.72. The zero-order chi connectivity index (χ0) is 17.3. The van der Waals surface area contributed by atoms with Gasteiger partial charge in [0, 0.05) is 24.5 Å². The second-order valence-electron chi connectivity index (χ2n) is 5.65. The molecule has 1 fully saturated rings. The molecule has 3 rings (SSSR count). The van der Waals surface area contributed by atoms with E-state index in [-0.39, 0.29) is 0 Å². The van der Waals surface area contributed by atoms with Crippen LogP contribution in [-0.2, 0) is 10.5 Å². The highest BCUT2D eigenvalue weighted by molar-refractivity contribution is 8.13. The predicted octanol–water partition coefficient (Wildman–Crippen LogP) is 3.11. The quantitative estimate of drug-likeness (QED) is 0.509. The summed E-state index contributed by atoms with van der Waals surface area (Å²) in [5.74, 6) is 0.792. The molecule has 1 saturated heterocycles. The van der Waals surface area contributed by atoms with E-state index in [0.717, 1.165) is 37.6 Å². The lowest BCUT2D eigenvalue weighted by Gasteiger charge is -2.28. The van der Waals surface area contributed by atoms with Crippen LogP contribution in [0.2, 0.25) is 0 Å². The zero-order valence-electron chi connectivity index (χ0n) is 14.0. The summed E-state index contributed by atoms with van der Waals surface area (Å²) in [6, 6.07) is 18.4. The SMILES string of the molecule is NC(=NN=Cc1ccc(N2CCOCC2)cc1)SCc1ccccc1. The first-order valence-electron chi connectivity index (χ1n) is 8.27. The molecular formula is C19H22N4OS. The average Bonchev–Trinajstić information content (AvgIpc) is 2.68. The van der Waals surface area contributed by atoms with Crippen LogP contribution in [0.15, 0.2) is 64.8 Å². The summed E-state index contributed by atoms with van der Waals surface area (Å²) < 4.78 is 5.38. The number of amidine groups is 1. The normalized spacial score (nSPS) is 15.7. The largest absolute Gasteiger partial charge is 0.378 e. The highest BCUT2D eigenvalue weighted by Gasteiger charge is 2.10. The van der Waals surface area contributed by atoms with Gasteiger partial charge in [-0.25, -0.2) is 0 Å². The second-order valence-corrected chi connectivity index (χ2v) is 6.64. The standard InChI is InChI=1S/C19H22N4OS/c20-19(25-15-17-4-2-1-3-5-17)22-21-14-16-6-8-18(9-7-16)23-10-12-24-13-11-23/h1-9,14H,10-13,15H2,(H2,20,22). The summed E-state index contributed by atoms with van der Waals surface area (Å²) >= 11 is 1.48. The number of anilines is 1. The van der Waals surface area contributed by atoms with E-state index in [4.69, 9.17) is 10.5 Å². The topological polar surface area (TPSA) is 63.2 Å². The number of morpholine rings is 1. The van der Waals surface area contributed by atoms with Crippen molar-refractivity contribution >= 4 is 28.8 Å². The third-order valence-electron chi connectivity index (χ3n) is 3.86. The van der Waals surface area contributed by atoms with Crippen molar-refractivity contribution in [2.45, 2.75) is 5.75 Å². The van der Waals surface area contributed by atoms with Crippen LogP contribution in [0.1, 0.15) is 11.1 Å². The van der Waals surface area contributed by atoms with Crippen LogP contribution in [0.5, 0.6) is 0 Å². The first-order chi connectivity index (χ1) is 12.3. The van der Waals surface area contributed by atoms with Crippen LogP contribution < -0.4 is 10.6 Å². The number of nitrogens with two attached hydrogens (primary N) is 1. The van der Waals surface area contributed by atoms with E-state index in [1.165, 1.54) is 23.0 Å². The fraction of sp³-hybridized carbons (Fsp3) is 0.263. The maximum atomic E-state index is 5.89. The van der Waals surface area contributed by atoms with E-state index >= 15 is 0 Å². The van der Waals surface area contributed by atoms with Crippen LogP contribution in [0, 0.1) is 0 Å². The Kier molecular flexibility index (Phi) is 6.48. The molecule has 0 unspecified atom stereocenters. The van der Waals surface area contributed by atoms with Crippen molar-refractivity contribution in [2.24, 2.45) is 15.9 Å². The number of ether oxygens (including phenoxy) is 1. The molecule has 0 bridgehead atoms. The predicted molar refractivity (Wildman–Crippen MR) is 106 cm³/mol. The first-order valence-corrected chi connectivity index (χ1v) is 9.26. The molecule has 0 saturated carbocycles. The van der Waals surface area contributed by atoms with Crippen molar-refractivity contribution in [3.8, 4) is 0 Å². The molecule has 130 valence electrons. The van der Waals surface area contributed by atoms with Crippen molar-refractivity contribution in [1.29, 1.82) is 0 Å². The van der Waals surface area contributed by atoms with E-state index in [0.29, 0.717) is 5.17 Å². The number of hydrogen-bond donors (Lipinski definition) is 1. The van der Waals surface area contributed by atoms with Crippen LogP contribution in [-0.4, -0.2) is 37.7 Å². The maximum absolute atomic E-state index is 5.89. The third-order valence-corrected chi connectivity index (χ3v) is 4.72. The molecule has 1 aliphatic heterocycles. The lowest BCUT2D eigenvalue weighted by molar-refractivity contribution is 0.122. The molecule has 1 heterocycles. The van der Waals surface area contributed by atoms with Gasteiger partial charge in [-0.1, -0.05) is 54.2 Å². The molecule has 0 radical (unpaired) electrons. The molecule has 2 aromatic carbocycles. The molecule has 25 heavy (non-hydrogen) atoms. The van der Waals surface area contributed by atoms with Crippen LogP contribution in [0.4, 0.5) is 5.69 Å². The molecule has 0 aliphatic carbocycles. The van der Waals surface area contributed by atoms with Gasteiger partial charge in [0.15, 0.2) is 5.17 Å². The Morgan fingerprint density at radius 2 is 1.80 bits per heavy atom. The Bertz CT molecular complexity index is 710. The lowest BCUT2D eigenvalue weighted by Crippen LogP contribution is -2.36. The van der Waals surface area contributed by atoms with Crippen molar-refractivity contribution in [3.05, 3.63) is 65.7 Å². The lowest BCUT2D eigenvalue weighted by atomic mass is 10.2. The van der Waals surface area contributed by atoms with E-state index in [1.807, 2.05) is 30.3 Å². The summed E-state index contributed by atoms with van der Waals surface area (Å²) in [4.78, 5) is 2.32. The Morgan fingerprint density at radius 3 is 2.52 bits per heavy atom. The monoisotopic (exact) mass is 354 g/mol. The molecule has 2 N–H and O–H groups in total. The van der Waals surface area contributed by atoms with Gasteiger partial charge in [-0.2, -0.15) is 5.10 Å². The molecule has 0 amide bonds. The number of thioether (sulfide) groups is 1. The minimum absolute atomic E-state index is 0.463. The molecule has 2 aromatic rings. The molecule has 5 nitrogen and oxygen atoms in total. The Labute approximate surface area is 152 Å². The van der Waals surface area contributed by atoms with Gasteiger partial charge in [0.2, 0.25) is 0 Å². The summed E-state index contributed by atoms with van der Waals surface area (Å²) in [5.41, 5.74) is 9.32. The van der Waals surface area contributed by atoms with Crippen molar-refractivity contribution < 1.29 is 4.74 Å². The van der Waals surface area contributed by atoms with Gasteiger partial charge in [0.1, 0.15) is 0 Å². The van der Waals surface area contributed by atoms with Gasteiger partial charge >= 0.3 is 0 Å². The summed E-state index contributed by atoms with van der Waals surface area (Å²) in [6.45, 7) is 3.45. The van der Waals surface area contributed by atoms with Crippen molar-refractivity contribution in [2.75, 3.05) is 31.2 Å². The van der Waals surface area contributed by atoms with Crippen molar-refractivity contribution in [1.82, 2.24) is 0 Å². The smallest absolute Gasteiger partial charge is 0.180 e. The summed E-state index contributed by atoms with van der Waals surface area (Å²) in [7, 11) is 0. The maximum Gasteiger partial charge on any atom is 0.180 e. The molecule has 1 aliphatic rings. The molecule has 0 spiro atoms. The number of hydrogen-bond acceptors (Lipinski definition) is 5. The number of rotatable bonds is 5. The Morgan fingerprint density at radius 1 is 1.08 bits per heavy atom. The van der Waals surface area contributed by atoms with Gasteiger partial charge in [0.05, 0.1) is 19.4 Å². The Hall–Kier alpha value is -2.31. The fourth-order valence-corrected chi connectivity index (χ4v) is 3.12. The molecule has 0 atom stereocenters. The fourth-order valence-electron chi connectivity index (χ4n) is 2.51. The number of benzene rings is 2. The van der Waals surface area contributed by atoms with E-state index in [9.17, 15) is 0 Å². The first kappa shape index (κ1) is 17.5. The van der Waals surface area contributed by atoms with Crippen LogP contribution in [0.3, 0.4) is 0 Å². The minimum atomic E-state index is 0.463. The highest BCUT2D eigenvalue weighted by atomic mass is 32.2. The molecule has 0 aromatic heterocycles. The summed E-state index contributed by atoms with van der Waals surface area (Å²) in [5, 5.41) is 8.59. The van der Waals surface area contributed by atoms with E-state index < -0.39 is 0 Å². The molecule has 6 heteroatoms. The molecular weight excluding hydrogens is 332 g/mol. The van der Waals surface area contributed by atoms with Gasteiger partial charge in [-0.15, -0.1) is 5.10 Å². The van der Waals surface area contributed by atoms with Crippen LogP contribution in [0.25, 0.3) is 0 Å². The third kappa shape index (κ3) is 5.62. The zero-order valence-corrected chi connectivity index (χ0v) is 14.9. The van der Waals surface area contributed by atoms with Gasteiger partial charge in [-0.05, 0) is 23.3 Å². The minimum Gasteiger partial charge on any atom is -0.378 e. The Balaban J connectivity index is 1.50. The van der Waals surface area contributed by atoms with Gasteiger partial charge in [-0.3, -0.25) is 0 Å². The number of nitrogens with zero attached hydrogens (tertiary/aromatic N) is 3. The van der Waals surface area contributed by atoms with Crippen LogP contribution >= 0.6 is 11.8 Å². The van der Waals surface area contributed by atoms with Gasteiger partial charge in [0.25, 0.3) is 0 Å². The van der Waals surface area contributed by atoms with Gasteiger partial charge < -0.3 is 15.4 Å². The van der Waals surface area contributed by atoms with Crippen molar-refractivity contribution in [3.63, 3.8) is 0 Å².